The first-order valence-electron chi connectivity index (χ1n) is 13.5. The number of hydrogen-bond donors (Lipinski definition) is 4. The number of nitrogens with one attached hydrogen (secondary N) is 1. The number of aliphatic hydroxyl groups is 2. The van der Waals surface area contributed by atoms with Crippen molar-refractivity contribution in [3.8, 4) is 17.2 Å². The van der Waals surface area contributed by atoms with Crippen LogP contribution in [-0.4, -0.2) is 77.8 Å². The summed E-state index contributed by atoms with van der Waals surface area (Å²) >= 11 is 12.6. The number of oxazole rings is 1. The fourth-order valence-electron chi connectivity index (χ4n) is 4.75. The summed E-state index contributed by atoms with van der Waals surface area (Å²) in [6, 6.07) is 11.8. The summed E-state index contributed by atoms with van der Waals surface area (Å²) in [5.74, 6) is -3.67. The van der Waals surface area contributed by atoms with Crippen LogP contribution < -0.4 is 10.2 Å². The number of esters is 1. The maximum atomic E-state index is 13.0. The summed E-state index contributed by atoms with van der Waals surface area (Å²) in [6.45, 7) is 0.509. The van der Waals surface area contributed by atoms with Crippen LogP contribution in [0.25, 0.3) is 22.6 Å². The second-order valence-corrected chi connectivity index (χ2v) is 10.6. The number of phenolic OH excluding ortho intramolecular Hbond substituents is 1. The Hall–Kier alpha value is -4.04. The van der Waals surface area contributed by atoms with Gasteiger partial charge in [-0.2, -0.15) is 13.2 Å². The van der Waals surface area contributed by atoms with E-state index in [2.05, 4.69) is 9.72 Å². The summed E-state index contributed by atoms with van der Waals surface area (Å²) in [5.41, 5.74) is 3.19. The summed E-state index contributed by atoms with van der Waals surface area (Å²) in [5, 5.41) is 30.3. The lowest BCUT2D eigenvalue weighted by Crippen LogP contribution is -2.48. The molecule has 1 aromatic heterocycles. The van der Waals surface area contributed by atoms with Gasteiger partial charge in [-0.1, -0.05) is 35.3 Å². The first kappa shape index (κ1) is 33.8. The number of phenols is 1. The van der Waals surface area contributed by atoms with Gasteiger partial charge in [-0.15, -0.1) is 0 Å². The number of amides is 1. The number of carbonyl (C=O) groups is 2. The van der Waals surface area contributed by atoms with Gasteiger partial charge in [0.2, 0.25) is 5.89 Å². The summed E-state index contributed by atoms with van der Waals surface area (Å²) in [4.78, 5) is 30.4. The fraction of sp³-hybridized carbons (Fsp3) is 0.300. The molecule has 10 nitrogen and oxygen atoms in total. The van der Waals surface area contributed by atoms with Crippen molar-refractivity contribution in [1.82, 2.24) is 10.3 Å². The highest BCUT2D eigenvalue weighted by atomic mass is 35.5. The van der Waals surface area contributed by atoms with Gasteiger partial charge < -0.3 is 34.7 Å². The van der Waals surface area contributed by atoms with Gasteiger partial charge in [0.15, 0.2) is 11.3 Å². The molecule has 0 saturated heterocycles. The van der Waals surface area contributed by atoms with Gasteiger partial charge in [-0.25, -0.2) is 9.78 Å². The van der Waals surface area contributed by atoms with Crippen molar-refractivity contribution >= 4 is 51.9 Å². The molecule has 1 amide bonds. The Morgan fingerprint density at radius 1 is 1.07 bits per heavy atom. The van der Waals surface area contributed by atoms with E-state index in [4.69, 9.17) is 27.6 Å². The third kappa shape index (κ3) is 7.79. The monoisotopic (exact) mass is 669 g/mol. The summed E-state index contributed by atoms with van der Waals surface area (Å²) in [7, 11) is 0.961. The van der Waals surface area contributed by atoms with Crippen molar-refractivity contribution in [3.63, 3.8) is 0 Å². The second kappa shape index (κ2) is 14.4. The number of rotatable bonds is 12. The average molecular weight is 670 g/mol. The van der Waals surface area contributed by atoms with Crippen molar-refractivity contribution in [3.05, 3.63) is 75.3 Å². The molecular weight excluding hydrogens is 642 g/mol. The summed E-state index contributed by atoms with van der Waals surface area (Å²) in [6.07, 6.45) is -5.77. The highest BCUT2D eigenvalue weighted by Crippen LogP contribution is 2.39. The van der Waals surface area contributed by atoms with E-state index in [0.717, 1.165) is 12.8 Å². The van der Waals surface area contributed by atoms with Crippen LogP contribution in [0.2, 0.25) is 10.0 Å². The molecule has 4 rings (SSSR count). The van der Waals surface area contributed by atoms with Crippen molar-refractivity contribution in [2.24, 2.45) is 0 Å². The van der Waals surface area contributed by atoms with Gasteiger partial charge in [0.05, 0.1) is 30.4 Å². The number of benzene rings is 3. The number of para-hydroxylation sites is 1. The van der Waals surface area contributed by atoms with E-state index < -0.39 is 36.3 Å². The van der Waals surface area contributed by atoms with Crippen molar-refractivity contribution in [2.75, 3.05) is 38.3 Å². The average Bonchev–Trinajstić information content (AvgIpc) is 3.46. The lowest BCUT2D eigenvalue weighted by Gasteiger charge is -2.22. The number of carbonyl (C=O) groups excluding carboxylic acids is 2. The largest absolute Gasteiger partial charge is 0.505 e. The molecule has 1 heterocycles. The Morgan fingerprint density at radius 3 is 2.33 bits per heavy atom. The van der Waals surface area contributed by atoms with Crippen LogP contribution in [0.1, 0.15) is 16.7 Å². The van der Waals surface area contributed by atoms with Crippen molar-refractivity contribution < 1.29 is 47.2 Å². The normalized spacial score (nSPS) is 12.3. The maximum absolute atomic E-state index is 13.0. The number of fused-ring (bicyclic) bond motifs is 1. The molecular formula is C30H28Cl2F3N3O7. The molecule has 4 N–H and O–H groups in total. The van der Waals surface area contributed by atoms with Gasteiger partial charge in [0.1, 0.15) is 11.6 Å². The minimum absolute atomic E-state index is 0.0256. The highest BCUT2D eigenvalue weighted by molar-refractivity contribution is 6.37. The van der Waals surface area contributed by atoms with Crippen LogP contribution in [0.4, 0.5) is 18.9 Å². The third-order valence-electron chi connectivity index (χ3n) is 6.94. The molecule has 15 heteroatoms. The van der Waals surface area contributed by atoms with Crippen molar-refractivity contribution in [2.45, 2.75) is 25.1 Å². The minimum Gasteiger partial charge on any atom is -0.505 e. The molecule has 0 spiro atoms. The number of aromatic hydroxyl groups is 1. The molecule has 0 aliphatic carbocycles. The minimum atomic E-state index is -5.25. The molecule has 0 aliphatic heterocycles. The van der Waals surface area contributed by atoms with Crippen LogP contribution in [-0.2, 0) is 27.2 Å². The number of ether oxygens (including phenoxy) is 1. The van der Waals surface area contributed by atoms with Crippen LogP contribution in [0, 0.1) is 0 Å². The predicted molar refractivity (Wildman–Crippen MR) is 160 cm³/mol. The number of methoxy groups -OCH3 is 1. The van der Waals surface area contributed by atoms with Gasteiger partial charge in [-0.05, 0) is 47.5 Å². The molecule has 0 aliphatic rings. The molecule has 0 saturated carbocycles. The molecule has 0 fully saturated rings. The van der Waals surface area contributed by atoms with Gasteiger partial charge in [0.25, 0.3) is 0 Å². The van der Waals surface area contributed by atoms with Crippen LogP contribution >= 0.6 is 23.2 Å². The third-order valence-corrected chi connectivity index (χ3v) is 7.64. The van der Waals surface area contributed by atoms with Crippen LogP contribution in [0.5, 0.6) is 5.75 Å². The first-order chi connectivity index (χ1) is 21.4. The maximum Gasteiger partial charge on any atom is 0.471 e. The smallest absolute Gasteiger partial charge is 0.471 e. The van der Waals surface area contributed by atoms with Gasteiger partial charge in [0, 0.05) is 42.7 Å². The number of halogens is 5. The van der Waals surface area contributed by atoms with Crippen LogP contribution in [0.3, 0.4) is 0 Å². The fourth-order valence-corrected chi connectivity index (χ4v) is 5.32. The standard InChI is InChI=1S/C30H28Cl2F3N3O7/c1-44-28(42)23(37-29(43)30(33,34)35)15-18-14-21(31)25(41)24(32)20(18)13-17-3-2-4-22-26(17)45-27(36-22)16-5-7-19(8-6-16)38(9-11-39)10-12-40/h2-8,14,23,39-41H,9-13,15H2,1H3,(H,37,43)/t23-/m0/s1. The molecule has 4 aromatic rings. The molecule has 45 heavy (non-hydrogen) atoms. The predicted octanol–water partition coefficient (Wildman–Crippen LogP) is 4.65. The first-order valence-corrected chi connectivity index (χ1v) is 14.2. The molecule has 0 radical (unpaired) electrons. The Labute approximate surface area is 264 Å². The Kier molecular flexibility index (Phi) is 10.8. The Bertz CT molecular complexity index is 1670. The molecule has 0 unspecified atom stereocenters. The van der Waals surface area contributed by atoms with E-state index in [1.165, 1.54) is 6.07 Å². The molecule has 1 atom stereocenters. The van der Waals surface area contributed by atoms with E-state index in [1.54, 1.807) is 47.8 Å². The van der Waals surface area contributed by atoms with E-state index in [0.29, 0.717) is 35.3 Å². The number of alkyl halides is 3. The lowest BCUT2D eigenvalue weighted by molar-refractivity contribution is -0.175. The van der Waals surface area contributed by atoms with E-state index in [1.807, 2.05) is 4.90 Å². The number of aliphatic hydroxyl groups excluding tert-OH is 2. The lowest BCUT2D eigenvalue weighted by atomic mass is 9.94. The molecule has 0 bridgehead atoms. The van der Waals surface area contributed by atoms with Gasteiger partial charge in [-0.3, -0.25) is 4.79 Å². The zero-order chi connectivity index (χ0) is 32.9. The zero-order valence-corrected chi connectivity index (χ0v) is 25.2. The Balaban J connectivity index is 1.70. The quantitative estimate of drug-likeness (QED) is 0.158. The number of anilines is 1. The van der Waals surface area contributed by atoms with E-state index >= 15 is 0 Å². The number of aromatic nitrogens is 1. The molecule has 240 valence electrons. The zero-order valence-electron chi connectivity index (χ0n) is 23.7. The van der Waals surface area contributed by atoms with E-state index in [9.17, 15) is 38.1 Å². The molecule has 3 aromatic carbocycles. The topological polar surface area (TPSA) is 145 Å². The number of hydrogen-bond acceptors (Lipinski definition) is 9. The number of nitrogens with zero attached hydrogens (tertiary/aromatic N) is 2. The van der Waals surface area contributed by atoms with Gasteiger partial charge >= 0.3 is 18.1 Å². The van der Waals surface area contributed by atoms with Crippen molar-refractivity contribution in [1.29, 1.82) is 0 Å². The Morgan fingerprint density at radius 2 is 1.73 bits per heavy atom. The van der Waals surface area contributed by atoms with E-state index in [-0.39, 0.29) is 46.7 Å². The highest BCUT2D eigenvalue weighted by Gasteiger charge is 2.41. The van der Waals surface area contributed by atoms with Crippen LogP contribution in [0.15, 0.2) is 52.9 Å². The SMILES string of the molecule is COC(=O)[C@H](Cc1cc(Cl)c(O)c(Cl)c1Cc1cccc2nc(-c3ccc(N(CCO)CCO)cc3)oc12)NC(=O)C(F)(F)F. The second-order valence-electron chi connectivity index (χ2n) is 9.85. The summed E-state index contributed by atoms with van der Waals surface area (Å²) < 4.78 is 49.7.